The molecule has 0 N–H and O–H groups in total. The molecular formula is C17H20FN3O. The van der Waals surface area contributed by atoms with E-state index in [4.69, 9.17) is 0 Å². The fraction of sp³-hybridized carbons (Fsp3) is 0.412. The number of nitrogens with zero attached hydrogens (tertiary/aromatic N) is 3. The van der Waals surface area contributed by atoms with E-state index >= 15 is 0 Å². The molecule has 0 aliphatic carbocycles. The van der Waals surface area contributed by atoms with Crippen molar-refractivity contribution in [1.82, 2.24) is 9.55 Å². The van der Waals surface area contributed by atoms with E-state index < -0.39 is 0 Å². The minimum Gasteiger partial charge on any atom is -0.342 e. The lowest BCUT2D eigenvalue weighted by molar-refractivity contribution is 0.550. The van der Waals surface area contributed by atoms with Crippen LogP contribution in [0.5, 0.6) is 0 Å². The third-order valence-corrected chi connectivity index (χ3v) is 4.01. The van der Waals surface area contributed by atoms with Gasteiger partial charge in [0.25, 0.3) is 5.56 Å². The zero-order valence-corrected chi connectivity index (χ0v) is 12.8. The Kier molecular flexibility index (Phi) is 4.22. The summed E-state index contributed by atoms with van der Waals surface area (Å²) in [6.45, 7) is 4.12. The van der Waals surface area contributed by atoms with Crippen LogP contribution in [0.25, 0.3) is 0 Å². The van der Waals surface area contributed by atoms with Crippen LogP contribution >= 0.6 is 0 Å². The van der Waals surface area contributed by atoms with Crippen molar-refractivity contribution >= 4 is 5.95 Å². The maximum absolute atomic E-state index is 13.0. The number of hydrogen-bond acceptors (Lipinski definition) is 3. The summed E-state index contributed by atoms with van der Waals surface area (Å²) in [6, 6.07) is 7.81. The monoisotopic (exact) mass is 301 g/mol. The van der Waals surface area contributed by atoms with Crippen molar-refractivity contribution < 1.29 is 4.39 Å². The van der Waals surface area contributed by atoms with E-state index in [-0.39, 0.29) is 11.4 Å². The van der Waals surface area contributed by atoms with Crippen LogP contribution in [-0.2, 0) is 6.54 Å². The Bertz CT molecular complexity index is 703. The van der Waals surface area contributed by atoms with Crippen LogP contribution in [0.15, 0.2) is 35.1 Å². The highest BCUT2D eigenvalue weighted by Gasteiger charge is 2.17. The van der Waals surface area contributed by atoms with Gasteiger partial charge in [-0.2, -0.15) is 0 Å². The molecular weight excluding hydrogens is 281 g/mol. The molecule has 0 saturated carbocycles. The lowest BCUT2D eigenvalue weighted by atomic mass is 10.1. The zero-order valence-electron chi connectivity index (χ0n) is 12.8. The maximum Gasteiger partial charge on any atom is 0.255 e. The highest BCUT2D eigenvalue weighted by atomic mass is 19.1. The van der Waals surface area contributed by atoms with Crippen LogP contribution in [0.3, 0.4) is 0 Å². The van der Waals surface area contributed by atoms with Gasteiger partial charge in [-0.3, -0.25) is 9.36 Å². The smallest absolute Gasteiger partial charge is 0.255 e. The molecule has 0 amide bonds. The van der Waals surface area contributed by atoms with E-state index in [1.165, 1.54) is 18.6 Å². The van der Waals surface area contributed by atoms with Crippen molar-refractivity contribution in [3.05, 3.63) is 57.8 Å². The number of aromatic nitrogens is 2. The van der Waals surface area contributed by atoms with Crippen LogP contribution < -0.4 is 10.5 Å². The Morgan fingerprint density at radius 1 is 1.14 bits per heavy atom. The first-order valence-corrected chi connectivity index (χ1v) is 7.71. The van der Waals surface area contributed by atoms with Crippen LogP contribution in [-0.4, -0.2) is 22.6 Å². The SMILES string of the molecule is Cc1cc(=O)n(Cc2ccc(F)cc2)c(N2CCCCC2)n1. The van der Waals surface area contributed by atoms with Crippen LogP contribution in [0.4, 0.5) is 10.3 Å². The molecule has 3 rings (SSSR count). The minimum atomic E-state index is -0.269. The van der Waals surface area contributed by atoms with Crippen molar-refractivity contribution in [2.45, 2.75) is 32.7 Å². The van der Waals surface area contributed by atoms with Gasteiger partial charge in [-0.15, -0.1) is 0 Å². The summed E-state index contributed by atoms with van der Waals surface area (Å²) in [5.74, 6) is 0.461. The first-order chi connectivity index (χ1) is 10.6. The molecule has 5 heteroatoms. The molecule has 1 fully saturated rings. The standard InChI is InChI=1S/C17H20FN3O/c1-13-11-16(22)21(12-14-5-7-15(18)8-6-14)17(19-13)20-9-3-2-4-10-20/h5-8,11H,2-4,9-10,12H2,1H3. The minimum absolute atomic E-state index is 0.0580. The number of piperidine rings is 1. The summed E-state index contributed by atoms with van der Waals surface area (Å²) in [4.78, 5) is 19.2. The van der Waals surface area contributed by atoms with E-state index in [0.29, 0.717) is 6.54 Å². The Morgan fingerprint density at radius 3 is 2.50 bits per heavy atom. The first kappa shape index (κ1) is 14.8. The maximum atomic E-state index is 13.0. The molecule has 0 spiro atoms. The largest absolute Gasteiger partial charge is 0.342 e. The summed E-state index contributed by atoms with van der Waals surface area (Å²) in [6.07, 6.45) is 3.48. The van der Waals surface area contributed by atoms with Crippen molar-refractivity contribution in [2.24, 2.45) is 0 Å². The number of anilines is 1. The molecule has 2 heterocycles. The Morgan fingerprint density at radius 2 is 1.82 bits per heavy atom. The molecule has 0 bridgehead atoms. The summed E-state index contributed by atoms with van der Waals surface area (Å²) in [5.41, 5.74) is 1.57. The predicted molar refractivity (Wildman–Crippen MR) is 84.8 cm³/mol. The van der Waals surface area contributed by atoms with Gasteiger partial charge in [-0.05, 0) is 43.9 Å². The fourth-order valence-electron chi connectivity index (χ4n) is 2.86. The van der Waals surface area contributed by atoms with E-state index in [9.17, 15) is 9.18 Å². The van der Waals surface area contributed by atoms with E-state index in [1.807, 2.05) is 6.92 Å². The molecule has 2 aromatic rings. The van der Waals surface area contributed by atoms with Gasteiger partial charge in [0, 0.05) is 24.8 Å². The second kappa shape index (κ2) is 6.30. The average Bonchev–Trinajstić information content (AvgIpc) is 2.52. The van der Waals surface area contributed by atoms with Gasteiger partial charge in [0.2, 0.25) is 5.95 Å². The van der Waals surface area contributed by atoms with Gasteiger partial charge in [0.05, 0.1) is 6.54 Å². The molecule has 1 aromatic carbocycles. The fourth-order valence-corrected chi connectivity index (χ4v) is 2.86. The van der Waals surface area contributed by atoms with E-state index in [2.05, 4.69) is 9.88 Å². The number of rotatable bonds is 3. The third kappa shape index (κ3) is 3.18. The Balaban J connectivity index is 1.97. The van der Waals surface area contributed by atoms with Crippen LogP contribution in [0.1, 0.15) is 30.5 Å². The molecule has 1 saturated heterocycles. The molecule has 0 radical (unpaired) electrons. The highest BCUT2D eigenvalue weighted by molar-refractivity contribution is 5.34. The van der Waals surface area contributed by atoms with Crippen molar-refractivity contribution in [2.75, 3.05) is 18.0 Å². The Hall–Kier alpha value is -2.17. The van der Waals surface area contributed by atoms with Crippen LogP contribution in [0.2, 0.25) is 0 Å². The second-order valence-electron chi connectivity index (χ2n) is 5.80. The van der Waals surface area contributed by atoms with Gasteiger partial charge >= 0.3 is 0 Å². The lowest BCUT2D eigenvalue weighted by Crippen LogP contribution is -2.36. The summed E-state index contributed by atoms with van der Waals surface area (Å²) in [7, 11) is 0. The molecule has 116 valence electrons. The number of halogens is 1. The van der Waals surface area contributed by atoms with Gasteiger partial charge in [0.1, 0.15) is 5.82 Å². The summed E-state index contributed by atoms with van der Waals surface area (Å²) < 4.78 is 14.7. The van der Waals surface area contributed by atoms with E-state index in [1.54, 1.807) is 22.8 Å². The number of benzene rings is 1. The molecule has 4 nitrogen and oxygen atoms in total. The Labute approximate surface area is 129 Å². The molecule has 0 atom stereocenters. The first-order valence-electron chi connectivity index (χ1n) is 7.71. The van der Waals surface area contributed by atoms with Gasteiger partial charge in [-0.25, -0.2) is 9.37 Å². The molecule has 1 aromatic heterocycles. The predicted octanol–water partition coefficient (Wildman–Crippen LogP) is 2.73. The molecule has 1 aliphatic rings. The highest BCUT2D eigenvalue weighted by Crippen LogP contribution is 2.18. The summed E-state index contributed by atoms with van der Waals surface area (Å²) in [5, 5.41) is 0. The van der Waals surface area contributed by atoms with E-state index in [0.717, 1.165) is 43.1 Å². The lowest BCUT2D eigenvalue weighted by Gasteiger charge is -2.29. The van der Waals surface area contributed by atoms with Crippen molar-refractivity contribution in [1.29, 1.82) is 0 Å². The summed E-state index contributed by atoms with van der Waals surface area (Å²) >= 11 is 0. The number of hydrogen-bond donors (Lipinski definition) is 0. The zero-order chi connectivity index (χ0) is 15.5. The van der Waals surface area contributed by atoms with Crippen molar-refractivity contribution in [3.63, 3.8) is 0 Å². The third-order valence-electron chi connectivity index (χ3n) is 4.01. The quantitative estimate of drug-likeness (QED) is 0.875. The van der Waals surface area contributed by atoms with Crippen LogP contribution in [0, 0.1) is 12.7 Å². The average molecular weight is 301 g/mol. The topological polar surface area (TPSA) is 38.1 Å². The van der Waals surface area contributed by atoms with Gasteiger partial charge in [0.15, 0.2) is 0 Å². The molecule has 22 heavy (non-hydrogen) atoms. The van der Waals surface area contributed by atoms with Gasteiger partial charge in [-0.1, -0.05) is 12.1 Å². The van der Waals surface area contributed by atoms with Gasteiger partial charge < -0.3 is 4.90 Å². The molecule has 0 unspecified atom stereocenters. The number of aryl methyl sites for hydroxylation is 1. The normalized spacial score (nSPS) is 15.1. The second-order valence-corrected chi connectivity index (χ2v) is 5.80. The molecule has 1 aliphatic heterocycles. The van der Waals surface area contributed by atoms with Crippen molar-refractivity contribution in [3.8, 4) is 0 Å².